The largest absolute Gasteiger partial charge is 0.493 e. The maximum atomic E-state index is 5.52. The summed E-state index contributed by atoms with van der Waals surface area (Å²) in [4.78, 5) is 0. The molecule has 0 aromatic heterocycles. The van der Waals surface area contributed by atoms with Crippen LogP contribution >= 0.6 is 0 Å². The molecule has 2 aliphatic rings. The summed E-state index contributed by atoms with van der Waals surface area (Å²) in [6, 6.07) is 0. The second-order valence-electron chi connectivity index (χ2n) is 3.21. The summed E-state index contributed by atoms with van der Waals surface area (Å²) >= 11 is 0. The van der Waals surface area contributed by atoms with Crippen LogP contribution in [-0.2, 0) is 18.9 Å². The highest BCUT2D eigenvalue weighted by atomic mass is 16.6. The number of rotatable bonds is 3. The van der Waals surface area contributed by atoms with Crippen molar-refractivity contribution >= 4 is 0 Å². The second kappa shape index (κ2) is 3.65. The molecule has 0 bridgehead atoms. The van der Waals surface area contributed by atoms with Crippen LogP contribution < -0.4 is 0 Å². The minimum Gasteiger partial charge on any atom is -0.493 e. The molecule has 0 aromatic carbocycles. The molecule has 0 saturated carbocycles. The summed E-state index contributed by atoms with van der Waals surface area (Å²) in [5.41, 5.74) is 0. The van der Waals surface area contributed by atoms with Gasteiger partial charge < -0.3 is 18.9 Å². The fourth-order valence-corrected chi connectivity index (χ4v) is 1.87. The van der Waals surface area contributed by atoms with Crippen LogP contribution in [0.3, 0.4) is 0 Å². The number of hydrogen-bond donors (Lipinski definition) is 0. The lowest BCUT2D eigenvalue weighted by Crippen LogP contribution is -2.32. The van der Waals surface area contributed by atoms with Gasteiger partial charge in [0, 0.05) is 7.11 Å². The first-order valence-electron chi connectivity index (χ1n) is 4.39. The summed E-state index contributed by atoms with van der Waals surface area (Å²) < 4.78 is 21.5. The van der Waals surface area contributed by atoms with Crippen molar-refractivity contribution in [2.75, 3.05) is 20.3 Å². The predicted octanol–water partition coefficient (Wildman–Crippen LogP) is 0.328. The van der Waals surface area contributed by atoms with Gasteiger partial charge in [-0.3, -0.25) is 0 Å². The SMILES string of the molecule is C=COC1COC2C(OC)COC12. The number of hydrogen-bond acceptors (Lipinski definition) is 4. The Labute approximate surface area is 77.4 Å². The fourth-order valence-electron chi connectivity index (χ4n) is 1.87. The molecule has 2 fully saturated rings. The lowest BCUT2D eigenvalue weighted by molar-refractivity contribution is -0.0191. The predicted molar refractivity (Wildman–Crippen MR) is 45.3 cm³/mol. The third-order valence-corrected chi connectivity index (χ3v) is 2.54. The standard InChI is InChI=1S/C9H14O4/c1-3-11-7-5-13-8-6(10-2)4-12-9(7)8/h3,6-9H,1,4-5H2,2H3. The maximum absolute atomic E-state index is 5.52. The van der Waals surface area contributed by atoms with Crippen molar-refractivity contribution in [1.29, 1.82) is 0 Å². The van der Waals surface area contributed by atoms with Gasteiger partial charge >= 0.3 is 0 Å². The van der Waals surface area contributed by atoms with E-state index < -0.39 is 0 Å². The average Bonchev–Trinajstić information content (AvgIpc) is 2.68. The van der Waals surface area contributed by atoms with Gasteiger partial charge in [-0.15, -0.1) is 0 Å². The van der Waals surface area contributed by atoms with E-state index in [2.05, 4.69) is 6.58 Å². The molecule has 0 aliphatic carbocycles. The van der Waals surface area contributed by atoms with Crippen LogP contribution in [-0.4, -0.2) is 44.7 Å². The normalized spacial score (nSPS) is 43.2. The molecule has 2 heterocycles. The van der Waals surface area contributed by atoms with E-state index in [1.54, 1.807) is 7.11 Å². The number of methoxy groups -OCH3 is 1. The molecule has 4 nitrogen and oxygen atoms in total. The zero-order valence-corrected chi connectivity index (χ0v) is 7.64. The minimum absolute atomic E-state index is 0.00273. The molecular weight excluding hydrogens is 172 g/mol. The van der Waals surface area contributed by atoms with Crippen molar-refractivity contribution in [3.63, 3.8) is 0 Å². The molecule has 0 N–H and O–H groups in total. The van der Waals surface area contributed by atoms with Gasteiger partial charge in [-0.1, -0.05) is 6.58 Å². The molecule has 13 heavy (non-hydrogen) atoms. The van der Waals surface area contributed by atoms with Gasteiger partial charge in [-0.25, -0.2) is 0 Å². The Kier molecular flexibility index (Phi) is 2.53. The summed E-state index contributed by atoms with van der Waals surface area (Å²) in [6.45, 7) is 4.66. The van der Waals surface area contributed by atoms with Crippen molar-refractivity contribution in [2.45, 2.75) is 24.4 Å². The van der Waals surface area contributed by atoms with Crippen molar-refractivity contribution < 1.29 is 18.9 Å². The first-order valence-corrected chi connectivity index (χ1v) is 4.39. The van der Waals surface area contributed by atoms with Crippen LogP contribution in [0.15, 0.2) is 12.8 Å². The molecule has 2 aliphatic heterocycles. The molecule has 2 saturated heterocycles. The Morgan fingerprint density at radius 2 is 1.85 bits per heavy atom. The van der Waals surface area contributed by atoms with E-state index in [-0.39, 0.29) is 24.4 Å². The van der Waals surface area contributed by atoms with E-state index in [1.165, 1.54) is 6.26 Å². The maximum Gasteiger partial charge on any atom is 0.150 e. The summed E-state index contributed by atoms with van der Waals surface area (Å²) in [5, 5.41) is 0. The van der Waals surface area contributed by atoms with Crippen LogP contribution in [0.1, 0.15) is 0 Å². The van der Waals surface area contributed by atoms with Crippen LogP contribution in [0.25, 0.3) is 0 Å². The molecule has 0 spiro atoms. The van der Waals surface area contributed by atoms with Gasteiger partial charge in [0.05, 0.1) is 19.5 Å². The zero-order valence-electron chi connectivity index (χ0n) is 7.64. The van der Waals surface area contributed by atoms with E-state index in [0.717, 1.165) is 0 Å². The highest BCUT2D eigenvalue weighted by Gasteiger charge is 2.48. The van der Waals surface area contributed by atoms with Crippen molar-refractivity contribution in [3.05, 3.63) is 12.8 Å². The highest BCUT2D eigenvalue weighted by Crippen LogP contribution is 2.29. The van der Waals surface area contributed by atoms with Crippen molar-refractivity contribution in [2.24, 2.45) is 0 Å². The van der Waals surface area contributed by atoms with Crippen molar-refractivity contribution in [3.8, 4) is 0 Å². The molecule has 74 valence electrons. The molecular formula is C9H14O4. The van der Waals surface area contributed by atoms with Gasteiger partial charge in [-0.2, -0.15) is 0 Å². The van der Waals surface area contributed by atoms with Crippen LogP contribution in [0.5, 0.6) is 0 Å². The molecule has 4 atom stereocenters. The molecule has 0 radical (unpaired) electrons. The number of ether oxygens (including phenoxy) is 4. The summed E-state index contributed by atoms with van der Waals surface area (Å²) in [5.74, 6) is 0. The average molecular weight is 186 g/mol. The van der Waals surface area contributed by atoms with Gasteiger partial charge in [-0.05, 0) is 0 Å². The van der Waals surface area contributed by atoms with E-state index in [0.29, 0.717) is 13.2 Å². The van der Waals surface area contributed by atoms with E-state index >= 15 is 0 Å². The molecule has 4 unspecified atom stereocenters. The molecule has 0 amide bonds. The van der Waals surface area contributed by atoms with Gasteiger partial charge in [0.15, 0.2) is 0 Å². The highest BCUT2D eigenvalue weighted by molar-refractivity contribution is 4.96. The Bertz CT molecular complexity index is 194. The lowest BCUT2D eigenvalue weighted by Gasteiger charge is -2.15. The second-order valence-corrected chi connectivity index (χ2v) is 3.21. The van der Waals surface area contributed by atoms with E-state index in [9.17, 15) is 0 Å². The smallest absolute Gasteiger partial charge is 0.150 e. The van der Waals surface area contributed by atoms with Gasteiger partial charge in [0.2, 0.25) is 0 Å². The van der Waals surface area contributed by atoms with E-state index in [1.807, 2.05) is 0 Å². The molecule has 0 aromatic rings. The fraction of sp³-hybridized carbons (Fsp3) is 0.778. The molecule has 2 rings (SSSR count). The number of fused-ring (bicyclic) bond motifs is 1. The monoisotopic (exact) mass is 186 g/mol. The van der Waals surface area contributed by atoms with Gasteiger partial charge in [0.1, 0.15) is 24.4 Å². The lowest BCUT2D eigenvalue weighted by atomic mass is 10.1. The summed E-state index contributed by atoms with van der Waals surface area (Å²) in [6.07, 6.45) is 1.48. The Morgan fingerprint density at radius 1 is 1.23 bits per heavy atom. The first kappa shape index (κ1) is 8.99. The summed E-state index contributed by atoms with van der Waals surface area (Å²) in [7, 11) is 1.67. The van der Waals surface area contributed by atoms with Crippen LogP contribution in [0.2, 0.25) is 0 Å². The first-order chi connectivity index (χ1) is 6.36. The zero-order chi connectivity index (χ0) is 9.26. The van der Waals surface area contributed by atoms with Crippen LogP contribution in [0, 0.1) is 0 Å². The van der Waals surface area contributed by atoms with Crippen LogP contribution in [0.4, 0.5) is 0 Å². The molecule has 4 heteroatoms. The Morgan fingerprint density at radius 3 is 2.46 bits per heavy atom. The third-order valence-electron chi connectivity index (χ3n) is 2.54. The third kappa shape index (κ3) is 1.45. The minimum atomic E-state index is -0.0253. The van der Waals surface area contributed by atoms with Crippen molar-refractivity contribution in [1.82, 2.24) is 0 Å². The van der Waals surface area contributed by atoms with Gasteiger partial charge in [0.25, 0.3) is 0 Å². The Balaban J connectivity index is 1.98. The van der Waals surface area contributed by atoms with E-state index in [4.69, 9.17) is 18.9 Å². The topological polar surface area (TPSA) is 36.9 Å². The quantitative estimate of drug-likeness (QED) is 0.595. The Hall–Kier alpha value is -0.580.